The monoisotopic (exact) mass is 247 g/mol. The Balaban J connectivity index is 4.17. The van der Waals surface area contributed by atoms with Crippen LogP contribution in [-0.2, 0) is 14.3 Å². The molecular weight excluding hydrogens is 226 g/mol. The smallest absolute Gasteiger partial charge is 0.325 e. The summed E-state index contributed by atoms with van der Waals surface area (Å²) in [7, 11) is 1.33. The second-order valence-electron chi connectivity index (χ2n) is 3.75. The van der Waals surface area contributed by atoms with Crippen LogP contribution in [0, 0.1) is 0 Å². The Morgan fingerprint density at radius 3 is 2.44 bits per heavy atom. The van der Waals surface area contributed by atoms with Gasteiger partial charge in [0, 0.05) is 6.54 Å². The van der Waals surface area contributed by atoms with Crippen molar-refractivity contribution in [3.05, 3.63) is 0 Å². The summed E-state index contributed by atoms with van der Waals surface area (Å²) in [6.07, 6.45) is 0.842. The van der Waals surface area contributed by atoms with Crippen LogP contribution in [0.15, 0.2) is 0 Å². The number of esters is 1. The Hall–Kier alpha value is -0.710. The van der Waals surface area contributed by atoms with Crippen molar-refractivity contribution in [3.63, 3.8) is 0 Å². The maximum atomic E-state index is 11.8. The second kappa shape index (κ2) is 8.44. The number of amides is 1. The lowest BCUT2D eigenvalue weighted by Crippen LogP contribution is -2.38. The van der Waals surface area contributed by atoms with E-state index >= 15 is 0 Å². The van der Waals surface area contributed by atoms with E-state index in [2.05, 4.69) is 4.74 Å². The van der Waals surface area contributed by atoms with Crippen LogP contribution in [0.2, 0.25) is 0 Å². The summed E-state index contributed by atoms with van der Waals surface area (Å²) in [5, 5.41) is 0.422. The maximum absolute atomic E-state index is 11.8. The largest absolute Gasteiger partial charge is 0.468 e. The van der Waals surface area contributed by atoms with E-state index in [1.165, 1.54) is 7.11 Å². The molecule has 0 saturated heterocycles. The van der Waals surface area contributed by atoms with Crippen LogP contribution in [0.3, 0.4) is 0 Å². The van der Waals surface area contributed by atoms with Gasteiger partial charge in [0.05, 0.1) is 12.9 Å². The van der Waals surface area contributed by atoms with Gasteiger partial charge in [-0.3, -0.25) is 9.59 Å². The van der Waals surface area contributed by atoms with Crippen molar-refractivity contribution in [2.24, 2.45) is 0 Å². The first-order valence-corrected chi connectivity index (χ1v) is 6.52. The summed E-state index contributed by atoms with van der Waals surface area (Å²) in [6, 6.07) is 0. The van der Waals surface area contributed by atoms with Gasteiger partial charge in [-0.1, -0.05) is 20.8 Å². The van der Waals surface area contributed by atoms with Crippen molar-refractivity contribution in [1.82, 2.24) is 4.90 Å². The Kier molecular flexibility index (Phi) is 8.07. The van der Waals surface area contributed by atoms with E-state index in [0.29, 0.717) is 17.5 Å². The Morgan fingerprint density at radius 1 is 1.38 bits per heavy atom. The summed E-state index contributed by atoms with van der Waals surface area (Å²) in [5.41, 5.74) is 0. The highest BCUT2D eigenvalue weighted by Crippen LogP contribution is 2.10. The van der Waals surface area contributed by atoms with E-state index in [-0.39, 0.29) is 18.4 Å². The summed E-state index contributed by atoms with van der Waals surface area (Å²) in [5.74, 6) is 0.0663. The minimum absolute atomic E-state index is 0.00551. The van der Waals surface area contributed by atoms with Gasteiger partial charge in [0.25, 0.3) is 0 Å². The molecule has 0 aliphatic heterocycles. The Bertz CT molecular complexity index is 231. The van der Waals surface area contributed by atoms with Crippen LogP contribution in [-0.4, -0.2) is 48.0 Å². The topological polar surface area (TPSA) is 46.6 Å². The second-order valence-corrected chi connectivity index (χ2v) is 5.32. The molecular formula is C11H21NO3S. The molecule has 0 rings (SSSR count). The molecule has 1 amide bonds. The molecule has 0 aliphatic carbocycles. The lowest BCUT2D eigenvalue weighted by molar-refractivity contribution is -0.146. The Labute approximate surface area is 102 Å². The zero-order valence-electron chi connectivity index (χ0n) is 10.5. The van der Waals surface area contributed by atoms with Gasteiger partial charge >= 0.3 is 5.97 Å². The van der Waals surface area contributed by atoms with Gasteiger partial charge in [-0.05, 0) is 11.7 Å². The standard InChI is InChI=1S/C11H21NO3S/c1-5-6-12(7-11(14)15-4)10(13)8-16-9(2)3/h9H,5-8H2,1-4H3. The van der Waals surface area contributed by atoms with Crippen molar-refractivity contribution in [2.45, 2.75) is 32.4 Å². The van der Waals surface area contributed by atoms with E-state index in [9.17, 15) is 9.59 Å². The fourth-order valence-electron chi connectivity index (χ4n) is 1.11. The van der Waals surface area contributed by atoms with E-state index < -0.39 is 0 Å². The number of carbonyl (C=O) groups excluding carboxylic acids is 2. The fraction of sp³-hybridized carbons (Fsp3) is 0.818. The maximum Gasteiger partial charge on any atom is 0.325 e. The van der Waals surface area contributed by atoms with Gasteiger partial charge < -0.3 is 9.64 Å². The molecule has 0 aliphatic rings. The first-order valence-electron chi connectivity index (χ1n) is 5.47. The molecule has 0 aromatic rings. The summed E-state index contributed by atoms with van der Waals surface area (Å²) in [6.45, 7) is 6.73. The average Bonchev–Trinajstić information content (AvgIpc) is 2.24. The number of ether oxygens (including phenoxy) is 1. The number of methoxy groups -OCH3 is 1. The van der Waals surface area contributed by atoms with Gasteiger partial charge in [-0.15, -0.1) is 11.8 Å². The lowest BCUT2D eigenvalue weighted by Gasteiger charge is -2.20. The number of rotatable bonds is 7. The van der Waals surface area contributed by atoms with Crippen LogP contribution in [0.1, 0.15) is 27.2 Å². The molecule has 0 radical (unpaired) electrons. The number of carbonyl (C=O) groups is 2. The highest BCUT2D eigenvalue weighted by Gasteiger charge is 2.16. The molecule has 0 unspecified atom stereocenters. The first-order chi connectivity index (χ1) is 7.51. The predicted octanol–water partition coefficient (Wildman–Crippen LogP) is 1.54. The van der Waals surface area contributed by atoms with Crippen molar-refractivity contribution >= 4 is 23.6 Å². The van der Waals surface area contributed by atoms with Crippen molar-refractivity contribution in [2.75, 3.05) is 26.0 Å². The van der Waals surface area contributed by atoms with E-state index in [4.69, 9.17) is 0 Å². The quantitative estimate of drug-likeness (QED) is 0.640. The molecule has 0 heterocycles. The van der Waals surface area contributed by atoms with Crippen LogP contribution < -0.4 is 0 Å². The van der Waals surface area contributed by atoms with Crippen LogP contribution in [0.25, 0.3) is 0 Å². The third-order valence-corrected chi connectivity index (χ3v) is 3.01. The molecule has 0 atom stereocenters. The third kappa shape index (κ3) is 6.71. The fourth-order valence-corrected chi connectivity index (χ4v) is 1.77. The lowest BCUT2D eigenvalue weighted by atomic mass is 10.4. The third-order valence-electron chi connectivity index (χ3n) is 1.93. The molecule has 16 heavy (non-hydrogen) atoms. The van der Waals surface area contributed by atoms with Gasteiger partial charge in [0.1, 0.15) is 6.54 Å². The number of hydrogen-bond acceptors (Lipinski definition) is 4. The average molecular weight is 247 g/mol. The van der Waals surface area contributed by atoms with Crippen molar-refractivity contribution < 1.29 is 14.3 Å². The van der Waals surface area contributed by atoms with E-state index in [1.54, 1.807) is 16.7 Å². The number of thioether (sulfide) groups is 1. The van der Waals surface area contributed by atoms with Crippen LogP contribution in [0.4, 0.5) is 0 Å². The number of hydrogen-bond donors (Lipinski definition) is 0. The SMILES string of the molecule is CCCN(CC(=O)OC)C(=O)CSC(C)C. The van der Waals surface area contributed by atoms with Gasteiger partial charge in [-0.25, -0.2) is 0 Å². The molecule has 0 N–H and O–H groups in total. The zero-order valence-corrected chi connectivity index (χ0v) is 11.3. The first kappa shape index (κ1) is 15.3. The van der Waals surface area contributed by atoms with E-state index in [0.717, 1.165) is 6.42 Å². The molecule has 0 saturated carbocycles. The highest BCUT2D eigenvalue weighted by atomic mass is 32.2. The van der Waals surface area contributed by atoms with Crippen LogP contribution >= 0.6 is 11.8 Å². The predicted molar refractivity (Wildman–Crippen MR) is 66.5 cm³/mol. The molecule has 5 heteroatoms. The van der Waals surface area contributed by atoms with Gasteiger partial charge in [0.2, 0.25) is 5.91 Å². The van der Waals surface area contributed by atoms with Crippen LogP contribution in [0.5, 0.6) is 0 Å². The Morgan fingerprint density at radius 2 is 2.00 bits per heavy atom. The number of nitrogens with zero attached hydrogens (tertiary/aromatic N) is 1. The highest BCUT2D eigenvalue weighted by molar-refractivity contribution is 8.00. The molecule has 0 aromatic carbocycles. The van der Waals surface area contributed by atoms with Crippen molar-refractivity contribution in [1.29, 1.82) is 0 Å². The molecule has 0 spiro atoms. The minimum Gasteiger partial charge on any atom is -0.468 e. The van der Waals surface area contributed by atoms with Gasteiger partial charge in [-0.2, -0.15) is 0 Å². The molecule has 0 fully saturated rings. The molecule has 0 bridgehead atoms. The molecule has 0 aromatic heterocycles. The molecule has 4 nitrogen and oxygen atoms in total. The van der Waals surface area contributed by atoms with Crippen molar-refractivity contribution in [3.8, 4) is 0 Å². The minimum atomic E-state index is -0.364. The normalized spacial score (nSPS) is 10.3. The summed E-state index contributed by atoms with van der Waals surface area (Å²) < 4.78 is 4.56. The van der Waals surface area contributed by atoms with E-state index in [1.807, 2.05) is 20.8 Å². The molecule has 94 valence electrons. The summed E-state index contributed by atoms with van der Waals surface area (Å²) >= 11 is 1.58. The summed E-state index contributed by atoms with van der Waals surface area (Å²) in [4.78, 5) is 24.5. The van der Waals surface area contributed by atoms with Gasteiger partial charge in [0.15, 0.2) is 0 Å². The zero-order chi connectivity index (χ0) is 12.6.